The Kier molecular flexibility index (Phi) is 10.6. The fourth-order valence-corrected chi connectivity index (χ4v) is 9.15. The second-order valence-electron chi connectivity index (χ2n) is 16.0. The fourth-order valence-electron chi connectivity index (χ4n) is 8.94. The van der Waals surface area contributed by atoms with Gasteiger partial charge in [-0.05, 0) is 61.4 Å². The van der Waals surface area contributed by atoms with Crippen LogP contribution in [-0.4, -0.2) is 96.9 Å². The van der Waals surface area contributed by atoms with Crippen molar-refractivity contribution in [1.29, 1.82) is 5.26 Å². The number of fused-ring (bicyclic) bond motifs is 1. The third-order valence-electron chi connectivity index (χ3n) is 11.6. The number of nitrogens with one attached hydrogen (secondary N) is 2. The van der Waals surface area contributed by atoms with E-state index < -0.39 is 29.7 Å². The molecular formula is C42H45ClN6O7. The molecule has 0 aromatic heterocycles. The Bertz CT molecular complexity index is 2110. The molecule has 0 radical (unpaired) electrons. The lowest BCUT2D eigenvalue weighted by Gasteiger charge is -2.63. The van der Waals surface area contributed by atoms with Crippen LogP contribution < -0.4 is 25.0 Å². The SMILES string of the molecule is CC1(C)C(NC(=O)c2ccc(N3CCN(CCCOc4cccc5c4C(=O)N(C4CCC(=O)NC4=O)C5=O)CC3)cc2)C(C)(C)C1Oc1ccc(C#N)c(Cl)c1. The van der Waals surface area contributed by atoms with E-state index in [9.17, 15) is 29.2 Å². The Balaban J connectivity index is 0.863. The molecule has 2 N–H and O–H groups in total. The Morgan fingerprint density at radius 3 is 2.34 bits per heavy atom. The molecule has 13 nitrogen and oxygen atoms in total. The first-order valence-electron chi connectivity index (χ1n) is 18.9. The summed E-state index contributed by atoms with van der Waals surface area (Å²) in [4.78, 5) is 69.5. The lowest BCUT2D eigenvalue weighted by atomic mass is 9.49. The number of rotatable bonds is 11. The normalized spacial score (nSPS) is 22.8. The van der Waals surface area contributed by atoms with Gasteiger partial charge in [-0.3, -0.25) is 39.1 Å². The van der Waals surface area contributed by atoms with Crippen LogP contribution >= 0.6 is 11.6 Å². The summed E-state index contributed by atoms with van der Waals surface area (Å²) in [5.74, 6) is -1.46. The third kappa shape index (κ3) is 7.19. The Morgan fingerprint density at radius 2 is 1.68 bits per heavy atom. The van der Waals surface area contributed by atoms with Crippen LogP contribution in [0.5, 0.6) is 11.5 Å². The summed E-state index contributed by atoms with van der Waals surface area (Å²) >= 11 is 6.24. The minimum Gasteiger partial charge on any atom is -0.493 e. The molecule has 3 heterocycles. The molecule has 3 aromatic carbocycles. The van der Waals surface area contributed by atoms with Gasteiger partial charge in [0.2, 0.25) is 11.8 Å². The molecule has 292 valence electrons. The van der Waals surface area contributed by atoms with Crippen LogP contribution in [-0.2, 0) is 9.59 Å². The predicted molar refractivity (Wildman–Crippen MR) is 208 cm³/mol. The van der Waals surface area contributed by atoms with Crippen LogP contribution in [0.4, 0.5) is 5.69 Å². The highest BCUT2D eigenvalue weighted by Crippen LogP contribution is 2.55. The monoisotopic (exact) mass is 780 g/mol. The van der Waals surface area contributed by atoms with Crippen molar-refractivity contribution in [3.8, 4) is 17.6 Å². The summed E-state index contributed by atoms with van der Waals surface area (Å²) in [6.07, 6.45) is 0.666. The number of hydrogen-bond acceptors (Lipinski definition) is 10. The maximum atomic E-state index is 13.4. The van der Waals surface area contributed by atoms with Gasteiger partial charge < -0.3 is 19.7 Å². The molecule has 5 amide bonds. The smallest absolute Gasteiger partial charge is 0.266 e. The lowest BCUT2D eigenvalue weighted by Crippen LogP contribution is -2.74. The molecule has 0 bridgehead atoms. The number of carbonyl (C=O) groups excluding carboxylic acids is 5. The number of nitrogens with zero attached hydrogens (tertiary/aromatic N) is 4. The summed E-state index contributed by atoms with van der Waals surface area (Å²) in [7, 11) is 0. The average molecular weight is 781 g/mol. The molecule has 56 heavy (non-hydrogen) atoms. The first-order valence-corrected chi connectivity index (χ1v) is 19.3. The predicted octanol–water partition coefficient (Wildman–Crippen LogP) is 4.82. The zero-order valence-electron chi connectivity index (χ0n) is 31.9. The van der Waals surface area contributed by atoms with E-state index in [2.05, 4.69) is 54.2 Å². The standard InChI is InChI=1S/C42H45ClN6O7/c1-41(2)39(42(3,4)40(41)56-28-14-11-26(24-44)30(43)23-28)46-35(51)25-9-12-27(13-10-25)48-20-18-47(19-21-48)17-6-22-55-32-8-5-7-29-34(32)38(54)49(37(29)53)31-15-16-33(50)45-36(31)52/h5,7-14,23,31,39-40H,6,15-22H2,1-4H3,(H,46,51)(H,45,50,52). The van der Waals surface area contributed by atoms with E-state index in [1.807, 2.05) is 24.3 Å². The van der Waals surface area contributed by atoms with Crippen molar-refractivity contribution in [2.75, 3.05) is 44.2 Å². The minimum atomic E-state index is -1.03. The van der Waals surface area contributed by atoms with Crippen LogP contribution in [0.25, 0.3) is 0 Å². The lowest BCUT2D eigenvalue weighted by molar-refractivity contribution is -0.164. The molecule has 2 saturated heterocycles. The number of hydrogen-bond donors (Lipinski definition) is 2. The molecule has 0 spiro atoms. The first-order chi connectivity index (χ1) is 26.7. The summed E-state index contributed by atoms with van der Waals surface area (Å²) in [6.45, 7) is 12.8. The number of ether oxygens (including phenoxy) is 2. The number of piperidine rings is 1. The summed E-state index contributed by atoms with van der Waals surface area (Å²) in [5, 5.41) is 15.0. The second kappa shape index (κ2) is 15.2. The number of carbonyl (C=O) groups is 5. The van der Waals surface area contributed by atoms with E-state index in [1.54, 1.807) is 36.4 Å². The van der Waals surface area contributed by atoms with Crippen LogP contribution in [0.15, 0.2) is 60.7 Å². The van der Waals surface area contributed by atoms with Gasteiger partial charge in [0, 0.05) is 73.3 Å². The molecule has 4 aliphatic rings. The van der Waals surface area contributed by atoms with Crippen LogP contribution in [0.2, 0.25) is 5.02 Å². The number of nitriles is 1. The number of anilines is 1. The van der Waals surface area contributed by atoms with Crippen molar-refractivity contribution in [1.82, 2.24) is 20.4 Å². The van der Waals surface area contributed by atoms with Crippen LogP contribution in [0, 0.1) is 22.2 Å². The highest BCUT2D eigenvalue weighted by atomic mass is 35.5. The number of imide groups is 2. The van der Waals surface area contributed by atoms with Crippen LogP contribution in [0.1, 0.15) is 83.6 Å². The van der Waals surface area contributed by atoms with E-state index in [0.717, 1.165) is 43.3 Å². The Hall–Kier alpha value is -5.45. The molecule has 3 aliphatic heterocycles. The third-order valence-corrected chi connectivity index (χ3v) is 11.9. The Morgan fingerprint density at radius 1 is 0.964 bits per heavy atom. The second-order valence-corrected chi connectivity index (χ2v) is 16.4. The molecule has 1 saturated carbocycles. The van der Waals surface area contributed by atoms with E-state index >= 15 is 0 Å². The van der Waals surface area contributed by atoms with Gasteiger partial charge in [-0.1, -0.05) is 45.4 Å². The van der Waals surface area contributed by atoms with Crippen molar-refractivity contribution in [3.05, 3.63) is 87.9 Å². The quantitative estimate of drug-likeness (QED) is 0.204. The zero-order chi connectivity index (χ0) is 39.9. The number of amides is 5. The van der Waals surface area contributed by atoms with E-state index in [-0.39, 0.29) is 52.9 Å². The van der Waals surface area contributed by atoms with Crippen molar-refractivity contribution < 1.29 is 33.4 Å². The highest BCUT2D eigenvalue weighted by molar-refractivity contribution is 6.31. The molecule has 1 atom stereocenters. The largest absolute Gasteiger partial charge is 0.493 e. The van der Waals surface area contributed by atoms with Crippen molar-refractivity contribution in [3.63, 3.8) is 0 Å². The van der Waals surface area contributed by atoms with Gasteiger partial charge in [-0.15, -0.1) is 0 Å². The molecule has 1 aliphatic carbocycles. The molecular weight excluding hydrogens is 736 g/mol. The van der Waals surface area contributed by atoms with Crippen molar-refractivity contribution in [2.45, 2.75) is 65.1 Å². The van der Waals surface area contributed by atoms with E-state index in [1.165, 1.54) is 0 Å². The van der Waals surface area contributed by atoms with Gasteiger partial charge in [-0.2, -0.15) is 5.26 Å². The minimum absolute atomic E-state index is 0.0592. The first kappa shape index (κ1) is 38.8. The summed E-state index contributed by atoms with van der Waals surface area (Å²) in [6, 6.07) is 18.5. The molecule has 3 aromatic rings. The average Bonchev–Trinajstić information content (AvgIpc) is 3.43. The Labute approximate surface area is 330 Å². The zero-order valence-corrected chi connectivity index (χ0v) is 32.7. The van der Waals surface area contributed by atoms with Crippen molar-refractivity contribution in [2.24, 2.45) is 10.8 Å². The fraction of sp³-hybridized carbons (Fsp3) is 0.429. The van der Waals surface area contributed by atoms with Crippen LogP contribution in [0.3, 0.4) is 0 Å². The van der Waals surface area contributed by atoms with Gasteiger partial charge in [-0.25, -0.2) is 0 Å². The van der Waals surface area contributed by atoms with Gasteiger partial charge >= 0.3 is 0 Å². The van der Waals surface area contributed by atoms with E-state index in [0.29, 0.717) is 40.7 Å². The van der Waals surface area contributed by atoms with E-state index in [4.69, 9.17) is 21.1 Å². The van der Waals surface area contributed by atoms with Gasteiger partial charge in [0.1, 0.15) is 29.7 Å². The summed E-state index contributed by atoms with van der Waals surface area (Å²) in [5.41, 5.74) is 1.64. The molecule has 1 unspecified atom stereocenters. The van der Waals surface area contributed by atoms with Gasteiger partial charge in [0.15, 0.2) is 0 Å². The maximum absolute atomic E-state index is 13.4. The summed E-state index contributed by atoms with van der Waals surface area (Å²) < 4.78 is 12.4. The van der Waals surface area contributed by atoms with Gasteiger partial charge in [0.25, 0.3) is 17.7 Å². The molecule has 14 heteroatoms. The topological polar surface area (TPSA) is 161 Å². The molecule has 3 fully saturated rings. The van der Waals surface area contributed by atoms with Gasteiger partial charge in [0.05, 0.1) is 28.3 Å². The number of benzene rings is 3. The maximum Gasteiger partial charge on any atom is 0.266 e. The van der Waals surface area contributed by atoms with Crippen molar-refractivity contribution >= 4 is 46.8 Å². The molecule has 7 rings (SSSR count). The number of piperazine rings is 1. The highest BCUT2D eigenvalue weighted by Gasteiger charge is 2.64. The number of halogens is 1.